The number of nitrogens with two attached hydrogens (primary N) is 1. The van der Waals surface area contributed by atoms with E-state index in [1.54, 1.807) is 10.7 Å². The summed E-state index contributed by atoms with van der Waals surface area (Å²) in [5.74, 6) is 2.09. The average Bonchev–Trinajstić information content (AvgIpc) is 3.82. The van der Waals surface area contributed by atoms with E-state index in [2.05, 4.69) is 16.5 Å². The number of nitriles is 1. The number of benzene rings is 1. The maximum absolute atomic E-state index is 14.2. The number of hydrogen-bond donors (Lipinski definition) is 2. The lowest BCUT2D eigenvalue weighted by Gasteiger charge is -2.33. The number of likely N-dealkylation sites (N-methyl/N-ethyl adjacent to an activating group) is 1. The number of likely N-dealkylation sites (tertiary alicyclic amines) is 1. The molecule has 4 atom stereocenters. The Morgan fingerprint density at radius 1 is 1.23 bits per heavy atom. The summed E-state index contributed by atoms with van der Waals surface area (Å²) in [6.45, 7) is 3.80. The van der Waals surface area contributed by atoms with Gasteiger partial charge >= 0.3 is 0 Å². The minimum absolute atomic E-state index is 0.0738. The highest BCUT2D eigenvalue weighted by Gasteiger charge is 2.49. The average molecular weight is 596 g/mol. The fraction of sp³-hybridized carbons (Fsp3) is 0.469. The first kappa shape index (κ1) is 27.2. The van der Waals surface area contributed by atoms with Crippen molar-refractivity contribution in [1.82, 2.24) is 35.1 Å². The molecule has 0 saturated carbocycles. The Morgan fingerprint density at radius 2 is 2.11 bits per heavy atom. The molecule has 3 aromatic heterocycles. The van der Waals surface area contributed by atoms with Gasteiger partial charge in [-0.1, -0.05) is 11.2 Å². The summed E-state index contributed by atoms with van der Waals surface area (Å²) < 4.78 is 28.6. The van der Waals surface area contributed by atoms with Crippen LogP contribution in [0.5, 0.6) is 5.88 Å². The molecule has 4 unspecified atom stereocenters. The van der Waals surface area contributed by atoms with Crippen LogP contribution < -0.4 is 15.8 Å². The number of aromatic nitrogens is 5. The molecule has 0 radical (unpaired) electrons. The van der Waals surface area contributed by atoms with Crippen molar-refractivity contribution in [1.29, 1.82) is 5.26 Å². The summed E-state index contributed by atoms with van der Waals surface area (Å²) in [4.78, 5) is 11.8. The summed E-state index contributed by atoms with van der Waals surface area (Å²) in [7, 11) is 1.92. The second-order valence-electron chi connectivity index (χ2n) is 12.7. The molecule has 4 aliphatic rings. The predicted molar refractivity (Wildman–Crippen MR) is 159 cm³/mol. The van der Waals surface area contributed by atoms with Crippen LogP contribution in [0.25, 0.3) is 17.3 Å². The second-order valence-corrected chi connectivity index (χ2v) is 12.7. The number of ether oxygens (including phenoxy) is 1. The van der Waals surface area contributed by atoms with Crippen LogP contribution in [0.3, 0.4) is 0 Å². The number of nitrogens with zero attached hydrogens (tertiary/aromatic N) is 7. The van der Waals surface area contributed by atoms with E-state index in [-0.39, 0.29) is 12.1 Å². The molecule has 5 heterocycles. The maximum Gasteiger partial charge on any atom is 0.219 e. The zero-order chi connectivity index (χ0) is 30.2. The molecule has 1 saturated heterocycles. The lowest BCUT2D eigenvalue weighted by atomic mass is 9.68. The van der Waals surface area contributed by atoms with Crippen LogP contribution in [-0.2, 0) is 31.3 Å². The normalized spacial score (nSPS) is 24.7. The molecule has 2 aliphatic heterocycles. The number of anilines is 1. The third-order valence-corrected chi connectivity index (χ3v) is 10.0. The van der Waals surface area contributed by atoms with Crippen molar-refractivity contribution in [2.45, 2.75) is 82.3 Å². The number of nitrogen functional groups attached to an aromatic ring is 1. The van der Waals surface area contributed by atoms with Crippen molar-refractivity contribution in [3.8, 4) is 29.3 Å². The van der Waals surface area contributed by atoms with Gasteiger partial charge in [0.05, 0.1) is 16.7 Å². The van der Waals surface area contributed by atoms with Gasteiger partial charge in [-0.05, 0) is 69.7 Å². The second kappa shape index (κ2) is 10.1. The monoisotopic (exact) mass is 595 g/mol. The van der Waals surface area contributed by atoms with Crippen LogP contribution in [0.2, 0.25) is 0 Å². The molecule has 4 aromatic rings. The van der Waals surface area contributed by atoms with Gasteiger partial charge in [0.1, 0.15) is 18.3 Å². The number of aryl methyl sites for hydroxylation is 1. The van der Waals surface area contributed by atoms with E-state index in [0.717, 1.165) is 72.4 Å². The van der Waals surface area contributed by atoms with Gasteiger partial charge in [0.15, 0.2) is 23.1 Å². The van der Waals surface area contributed by atoms with Crippen LogP contribution in [-0.4, -0.2) is 61.7 Å². The standard InChI is InChI=1S/C32H34FN9O2/c1-17(25-10-20(33)16-41(25)2)43-27-11-26(42-15-19-13-36-14-24(19)39-42)37-31(38-27)29-21-4-3-8-32(30(21)44-40-29)9-7-18-5-6-23(35)22(12-34)28(18)32/h5-6,11,15,17,20,25,36H,3-4,7-10,13-14,16,35H2,1-2H3. The number of halogens is 1. The van der Waals surface area contributed by atoms with E-state index in [1.807, 2.05) is 37.2 Å². The minimum Gasteiger partial charge on any atom is -0.473 e. The lowest BCUT2D eigenvalue weighted by Crippen LogP contribution is -2.38. The summed E-state index contributed by atoms with van der Waals surface area (Å²) >= 11 is 0. The number of alkyl halides is 1. The van der Waals surface area contributed by atoms with Gasteiger partial charge in [0.2, 0.25) is 5.88 Å². The molecule has 44 heavy (non-hydrogen) atoms. The molecule has 11 nitrogen and oxygen atoms in total. The van der Waals surface area contributed by atoms with Crippen molar-refractivity contribution in [2.24, 2.45) is 0 Å². The fourth-order valence-electron chi connectivity index (χ4n) is 7.92. The van der Waals surface area contributed by atoms with E-state index in [0.29, 0.717) is 54.0 Å². The molecule has 1 aromatic carbocycles. The van der Waals surface area contributed by atoms with Crippen LogP contribution in [0.4, 0.5) is 10.1 Å². The molecule has 226 valence electrons. The van der Waals surface area contributed by atoms with Gasteiger partial charge in [-0.3, -0.25) is 4.90 Å². The molecule has 8 rings (SSSR count). The Morgan fingerprint density at radius 3 is 2.91 bits per heavy atom. The van der Waals surface area contributed by atoms with Crippen molar-refractivity contribution in [2.75, 3.05) is 19.3 Å². The van der Waals surface area contributed by atoms with Crippen molar-refractivity contribution in [3.05, 3.63) is 63.7 Å². The quantitative estimate of drug-likeness (QED) is 0.327. The first-order valence-corrected chi connectivity index (χ1v) is 15.3. The van der Waals surface area contributed by atoms with Crippen molar-refractivity contribution in [3.63, 3.8) is 0 Å². The van der Waals surface area contributed by atoms with Crippen LogP contribution in [0.15, 0.2) is 28.9 Å². The van der Waals surface area contributed by atoms with Gasteiger partial charge in [0, 0.05) is 54.8 Å². The van der Waals surface area contributed by atoms with Crippen molar-refractivity contribution >= 4 is 5.69 Å². The van der Waals surface area contributed by atoms with Crippen LogP contribution in [0.1, 0.15) is 71.9 Å². The molecule has 0 bridgehead atoms. The Kier molecular flexibility index (Phi) is 6.25. The number of hydrogen-bond acceptors (Lipinski definition) is 10. The molecular formula is C32H34FN9O2. The topological polar surface area (TPSA) is 144 Å². The van der Waals surface area contributed by atoms with E-state index < -0.39 is 11.6 Å². The van der Waals surface area contributed by atoms with Crippen LogP contribution >= 0.6 is 0 Å². The van der Waals surface area contributed by atoms with E-state index in [9.17, 15) is 9.65 Å². The fourth-order valence-corrected chi connectivity index (χ4v) is 7.92. The molecule has 0 amide bonds. The third kappa shape index (κ3) is 4.13. The summed E-state index contributed by atoms with van der Waals surface area (Å²) in [5, 5.41) is 22.7. The Hall–Kier alpha value is -4.34. The molecule has 3 N–H and O–H groups in total. The lowest BCUT2D eigenvalue weighted by molar-refractivity contribution is 0.117. The first-order chi connectivity index (χ1) is 21.3. The molecular weight excluding hydrogens is 561 g/mol. The maximum atomic E-state index is 14.2. The number of rotatable bonds is 5. The van der Waals surface area contributed by atoms with E-state index >= 15 is 0 Å². The molecule has 1 fully saturated rings. The van der Waals surface area contributed by atoms with Gasteiger partial charge in [-0.2, -0.15) is 15.3 Å². The Bertz CT molecular complexity index is 1810. The van der Waals surface area contributed by atoms with Crippen molar-refractivity contribution < 1.29 is 13.7 Å². The third-order valence-electron chi connectivity index (χ3n) is 10.0. The summed E-state index contributed by atoms with van der Waals surface area (Å²) in [6, 6.07) is 7.93. The SMILES string of the molecule is CC(Oc1cc(-n2cc3c(n2)CNC3)nc(-c2noc3c2CCCC32CCc3ccc(N)c(C#N)c32)n1)C1CC(F)CN1C. The Balaban J connectivity index is 1.23. The number of fused-ring (bicyclic) bond motifs is 5. The zero-order valence-corrected chi connectivity index (χ0v) is 24.8. The zero-order valence-electron chi connectivity index (χ0n) is 24.8. The summed E-state index contributed by atoms with van der Waals surface area (Å²) in [6.07, 6.45) is 5.38. The first-order valence-electron chi connectivity index (χ1n) is 15.3. The van der Waals surface area contributed by atoms with Gasteiger partial charge in [0.25, 0.3) is 0 Å². The highest BCUT2D eigenvalue weighted by atomic mass is 19.1. The highest BCUT2D eigenvalue weighted by molar-refractivity contribution is 5.68. The Labute approximate surface area is 254 Å². The molecule has 2 aliphatic carbocycles. The van der Waals surface area contributed by atoms with E-state index in [4.69, 9.17) is 30.1 Å². The minimum atomic E-state index is -0.876. The van der Waals surface area contributed by atoms with Gasteiger partial charge < -0.3 is 20.3 Å². The van der Waals surface area contributed by atoms with E-state index in [1.165, 1.54) is 0 Å². The highest BCUT2D eigenvalue weighted by Crippen LogP contribution is 2.54. The summed E-state index contributed by atoms with van der Waals surface area (Å²) in [5.41, 5.74) is 12.6. The smallest absolute Gasteiger partial charge is 0.219 e. The van der Waals surface area contributed by atoms with Gasteiger partial charge in [-0.15, -0.1) is 0 Å². The number of nitrogens with one attached hydrogen (secondary N) is 1. The molecule has 12 heteroatoms. The van der Waals surface area contributed by atoms with Gasteiger partial charge in [-0.25, -0.2) is 14.1 Å². The van der Waals surface area contributed by atoms with Crippen LogP contribution in [0, 0.1) is 11.3 Å². The largest absolute Gasteiger partial charge is 0.473 e. The molecule has 1 spiro atoms. The predicted octanol–water partition coefficient (Wildman–Crippen LogP) is 3.75.